The molecule has 0 atom stereocenters. The minimum absolute atomic E-state index is 0.404. The van der Waals surface area contributed by atoms with Crippen LogP contribution >= 0.6 is 0 Å². The lowest BCUT2D eigenvalue weighted by atomic mass is 10.1. The van der Waals surface area contributed by atoms with Crippen LogP contribution < -0.4 is 0 Å². The summed E-state index contributed by atoms with van der Waals surface area (Å²) in [4.78, 5) is 70.3. The number of nitrogens with zero attached hydrogens (tertiary/aromatic N) is 2. The first-order valence-electron chi connectivity index (χ1n) is 6.57. The molecule has 0 spiro atoms. The first kappa shape index (κ1) is 21.0. The Morgan fingerprint density at radius 1 is 0.875 bits per heavy atom. The Balaban J connectivity index is 5.02. The summed E-state index contributed by atoms with van der Waals surface area (Å²) in [6.45, 7) is -0.914. The van der Waals surface area contributed by atoms with E-state index in [1.165, 1.54) is 28.2 Å². The van der Waals surface area contributed by atoms with Crippen molar-refractivity contribution in [3.05, 3.63) is 11.6 Å². The van der Waals surface area contributed by atoms with E-state index < -0.39 is 53.9 Å². The van der Waals surface area contributed by atoms with Gasteiger partial charge in [-0.25, -0.2) is 9.59 Å². The number of carboxylic acids is 1. The molecule has 0 radical (unpaired) electrons. The highest BCUT2D eigenvalue weighted by Gasteiger charge is 2.24. The van der Waals surface area contributed by atoms with E-state index in [9.17, 15) is 28.8 Å². The Hall–Kier alpha value is -3.04. The molecular formula is C14H18N2O8. The summed E-state index contributed by atoms with van der Waals surface area (Å²) in [7, 11) is 5.27. The fourth-order valence-electron chi connectivity index (χ4n) is 1.36. The van der Waals surface area contributed by atoms with Gasteiger partial charge in [-0.2, -0.15) is 0 Å². The lowest BCUT2D eigenvalue weighted by Gasteiger charge is -2.11. The summed E-state index contributed by atoms with van der Waals surface area (Å²) in [5.41, 5.74) is -0.618. The molecule has 0 aliphatic carbocycles. The van der Waals surface area contributed by atoms with Crippen LogP contribution in [0.1, 0.15) is 6.42 Å². The van der Waals surface area contributed by atoms with E-state index in [0.29, 0.717) is 6.08 Å². The molecule has 0 aliphatic heterocycles. The van der Waals surface area contributed by atoms with Crippen molar-refractivity contribution in [2.75, 3.05) is 34.8 Å². The topological polar surface area (TPSA) is 138 Å². The number of carboxylic acid groups (broad SMARTS) is 1. The zero-order valence-electron chi connectivity index (χ0n) is 13.7. The lowest BCUT2D eigenvalue weighted by molar-refractivity contribution is -0.151. The predicted octanol–water partition coefficient (Wildman–Crippen LogP) is -1.75. The standard InChI is InChI=1S/C14H18N2O8/c1-15(2)12(21)9(17)5-8(6-11(19)20)14(23)24-7-10(18)13(22)16(3)4/h6H,5,7H2,1-4H3,(H,19,20). The minimum atomic E-state index is -1.54. The van der Waals surface area contributed by atoms with Crippen LogP contribution in [0.5, 0.6) is 0 Å². The zero-order chi connectivity index (χ0) is 19.0. The highest BCUT2D eigenvalue weighted by Crippen LogP contribution is 2.07. The number of Topliss-reactive ketones (excluding diaryl/α,β-unsaturated/α-hetero) is 2. The fraction of sp³-hybridized carbons (Fsp3) is 0.429. The average Bonchev–Trinajstić information content (AvgIpc) is 2.48. The number of carbonyl (C=O) groups is 6. The molecule has 0 bridgehead atoms. The summed E-state index contributed by atoms with van der Waals surface area (Å²) in [5.74, 6) is -6.72. The molecule has 0 rings (SSSR count). The van der Waals surface area contributed by atoms with E-state index in [-0.39, 0.29) is 0 Å². The van der Waals surface area contributed by atoms with Crippen molar-refractivity contribution >= 4 is 35.3 Å². The van der Waals surface area contributed by atoms with Crippen LogP contribution in [0.25, 0.3) is 0 Å². The number of rotatable bonds is 8. The predicted molar refractivity (Wildman–Crippen MR) is 78.7 cm³/mol. The highest BCUT2D eigenvalue weighted by atomic mass is 16.5. The van der Waals surface area contributed by atoms with Crippen LogP contribution in [-0.2, 0) is 33.5 Å². The molecule has 0 heterocycles. The van der Waals surface area contributed by atoms with Crippen LogP contribution in [0.3, 0.4) is 0 Å². The van der Waals surface area contributed by atoms with Gasteiger partial charge in [-0.05, 0) is 0 Å². The van der Waals surface area contributed by atoms with Crippen molar-refractivity contribution in [3.63, 3.8) is 0 Å². The monoisotopic (exact) mass is 342 g/mol. The summed E-state index contributed by atoms with van der Waals surface area (Å²) in [6.07, 6.45) is -0.403. The van der Waals surface area contributed by atoms with Gasteiger partial charge in [-0.3, -0.25) is 19.2 Å². The van der Waals surface area contributed by atoms with Crippen LogP contribution in [0.4, 0.5) is 0 Å². The summed E-state index contributed by atoms with van der Waals surface area (Å²) >= 11 is 0. The molecule has 0 aliphatic rings. The molecule has 0 aromatic heterocycles. The van der Waals surface area contributed by atoms with Gasteiger partial charge in [0, 0.05) is 40.7 Å². The second-order valence-electron chi connectivity index (χ2n) is 5.01. The third kappa shape index (κ3) is 6.81. The second kappa shape index (κ2) is 9.18. The molecule has 0 aromatic carbocycles. The molecule has 10 heteroatoms. The SMILES string of the molecule is CN(C)C(=O)C(=O)COC(=O)C(=CC(=O)O)CC(=O)C(=O)N(C)C. The molecule has 10 nitrogen and oxygen atoms in total. The van der Waals surface area contributed by atoms with Crippen molar-refractivity contribution in [3.8, 4) is 0 Å². The smallest absolute Gasteiger partial charge is 0.335 e. The number of amides is 2. The Labute approximate surface area is 137 Å². The maximum Gasteiger partial charge on any atom is 0.335 e. The van der Waals surface area contributed by atoms with E-state index in [1.807, 2.05) is 0 Å². The Morgan fingerprint density at radius 3 is 1.75 bits per heavy atom. The van der Waals surface area contributed by atoms with E-state index in [0.717, 1.165) is 9.80 Å². The number of ether oxygens (including phenoxy) is 1. The molecule has 0 aromatic rings. The van der Waals surface area contributed by atoms with Gasteiger partial charge in [-0.1, -0.05) is 0 Å². The number of esters is 1. The number of aliphatic carboxylic acids is 1. The Morgan fingerprint density at radius 2 is 1.33 bits per heavy atom. The average molecular weight is 342 g/mol. The third-order valence-electron chi connectivity index (χ3n) is 2.53. The molecule has 0 fully saturated rings. The summed E-state index contributed by atoms with van der Waals surface area (Å²) < 4.78 is 4.53. The molecule has 0 saturated heterocycles. The molecule has 24 heavy (non-hydrogen) atoms. The summed E-state index contributed by atoms with van der Waals surface area (Å²) in [5, 5.41) is 8.71. The van der Waals surface area contributed by atoms with Gasteiger partial charge in [0.25, 0.3) is 17.6 Å². The van der Waals surface area contributed by atoms with Gasteiger partial charge in [0.1, 0.15) is 0 Å². The van der Waals surface area contributed by atoms with Crippen LogP contribution in [0.15, 0.2) is 11.6 Å². The van der Waals surface area contributed by atoms with E-state index in [4.69, 9.17) is 5.11 Å². The number of hydrogen-bond acceptors (Lipinski definition) is 7. The Bertz CT molecular complexity index is 604. The van der Waals surface area contributed by atoms with Gasteiger partial charge in [0.15, 0.2) is 6.61 Å². The van der Waals surface area contributed by atoms with Crippen LogP contribution in [0, 0.1) is 0 Å². The largest absolute Gasteiger partial charge is 0.478 e. The molecule has 2 amide bonds. The third-order valence-corrected chi connectivity index (χ3v) is 2.53. The van der Waals surface area contributed by atoms with Gasteiger partial charge < -0.3 is 19.6 Å². The van der Waals surface area contributed by atoms with Crippen LogP contribution in [-0.4, -0.2) is 85.0 Å². The lowest BCUT2D eigenvalue weighted by Crippen LogP contribution is -2.34. The van der Waals surface area contributed by atoms with Crippen molar-refractivity contribution in [1.82, 2.24) is 9.80 Å². The maximum atomic E-state index is 11.8. The normalized spacial score (nSPS) is 10.6. The first-order chi connectivity index (χ1) is 11.0. The van der Waals surface area contributed by atoms with E-state index in [2.05, 4.69) is 4.74 Å². The van der Waals surface area contributed by atoms with Crippen LogP contribution in [0.2, 0.25) is 0 Å². The van der Waals surface area contributed by atoms with Gasteiger partial charge >= 0.3 is 11.9 Å². The fourth-order valence-corrected chi connectivity index (χ4v) is 1.36. The summed E-state index contributed by atoms with van der Waals surface area (Å²) in [6, 6.07) is 0. The quantitative estimate of drug-likeness (QED) is 0.311. The molecular weight excluding hydrogens is 324 g/mol. The zero-order valence-corrected chi connectivity index (χ0v) is 13.7. The number of hydrogen-bond donors (Lipinski definition) is 1. The molecule has 1 N–H and O–H groups in total. The molecule has 0 unspecified atom stereocenters. The van der Waals surface area contributed by atoms with Crippen molar-refractivity contribution < 1.29 is 38.6 Å². The van der Waals surface area contributed by atoms with Crippen molar-refractivity contribution in [2.45, 2.75) is 6.42 Å². The van der Waals surface area contributed by atoms with E-state index >= 15 is 0 Å². The molecule has 132 valence electrons. The highest BCUT2D eigenvalue weighted by molar-refractivity contribution is 6.37. The second-order valence-corrected chi connectivity index (χ2v) is 5.01. The number of carbonyl (C=O) groups excluding carboxylic acids is 5. The Kier molecular flexibility index (Phi) is 8.02. The first-order valence-corrected chi connectivity index (χ1v) is 6.57. The van der Waals surface area contributed by atoms with Crippen molar-refractivity contribution in [2.24, 2.45) is 0 Å². The maximum absolute atomic E-state index is 11.8. The van der Waals surface area contributed by atoms with Gasteiger partial charge in [0.05, 0.1) is 5.57 Å². The number of likely N-dealkylation sites (N-methyl/N-ethyl adjacent to an activating group) is 2. The van der Waals surface area contributed by atoms with Gasteiger partial charge in [0.2, 0.25) is 5.78 Å². The minimum Gasteiger partial charge on any atom is -0.478 e. The molecule has 0 saturated carbocycles. The van der Waals surface area contributed by atoms with Gasteiger partial charge in [-0.15, -0.1) is 0 Å². The number of ketones is 2. The van der Waals surface area contributed by atoms with E-state index in [1.54, 1.807) is 0 Å². The van der Waals surface area contributed by atoms with Crippen molar-refractivity contribution in [1.29, 1.82) is 0 Å².